The molecule has 37 heavy (non-hydrogen) atoms. The van der Waals surface area contributed by atoms with Crippen LogP contribution >= 0.6 is 11.6 Å². The maximum absolute atomic E-state index is 13.7. The highest BCUT2D eigenvalue weighted by molar-refractivity contribution is 6.34. The number of carbonyl (C=O) groups excluding carboxylic acids is 2. The standard InChI is InChI=1S/C27H24ClFN4O4/c1-36-22-12-20(21(28)13-23(22)37-2)27(35)31-16-7-3-14-4-10-18-24(26(30)34)32-33(25(18)19(14)11-16)17-8-5-15(29)6-9-17/h3,5,7-8,11-13H,4,6,9-10H2,1-2H3,(H2,30,34)(H,31,35). The Morgan fingerprint density at radius 3 is 2.49 bits per heavy atom. The van der Waals surface area contributed by atoms with Crippen LogP contribution in [-0.4, -0.2) is 35.8 Å². The van der Waals surface area contributed by atoms with Crippen LogP contribution in [0.5, 0.6) is 11.5 Å². The number of amides is 2. The summed E-state index contributed by atoms with van der Waals surface area (Å²) < 4.78 is 25.9. The quantitative estimate of drug-likeness (QED) is 0.465. The Hall–Kier alpha value is -4.11. The van der Waals surface area contributed by atoms with E-state index in [1.165, 1.54) is 32.4 Å². The van der Waals surface area contributed by atoms with E-state index in [0.717, 1.165) is 28.1 Å². The molecule has 2 amide bonds. The van der Waals surface area contributed by atoms with E-state index in [0.29, 0.717) is 36.4 Å². The van der Waals surface area contributed by atoms with Crippen molar-refractivity contribution in [3.8, 4) is 22.8 Å². The molecule has 0 spiro atoms. The molecule has 0 atom stereocenters. The van der Waals surface area contributed by atoms with E-state index in [1.54, 1.807) is 10.8 Å². The molecule has 2 aliphatic carbocycles. The van der Waals surface area contributed by atoms with Crippen molar-refractivity contribution in [1.29, 1.82) is 0 Å². The van der Waals surface area contributed by atoms with Gasteiger partial charge in [0, 0.05) is 35.0 Å². The SMILES string of the molecule is COc1cc(Cl)c(C(=O)Nc2ccc3c(c2)-c2c(c(C(N)=O)nn2C2=CC=C(F)CC2)CC3)cc1OC. The number of halogens is 2. The number of ether oxygens (including phenoxy) is 2. The van der Waals surface area contributed by atoms with Crippen LogP contribution < -0.4 is 20.5 Å². The molecule has 3 N–H and O–H groups in total. The molecule has 0 bridgehead atoms. The van der Waals surface area contributed by atoms with Crippen molar-refractivity contribution in [2.45, 2.75) is 25.7 Å². The number of hydrogen-bond acceptors (Lipinski definition) is 5. The summed E-state index contributed by atoms with van der Waals surface area (Å²) >= 11 is 6.34. The summed E-state index contributed by atoms with van der Waals surface area (Å²) in [5, 5.41) is 7.62. The van der Waals surface area contributed by atoms with Crippen LogP contribution in [0.15, 0.2) is 48.3 Å². The Morgan fingerprint density at radius 2 is 1.81 bits per heavy atom. The fourth-order valence-corrected chi connectivity index (χ4v) is 4.97. The molecule has 0 saturated carbocycles. The molecule has 5 rings (SSSR count). The molecule has 0 unspecified atom stereocenters. The summed E-state index contributed by atoms with van der Waals surface area (Å²) in [4.78, 5) is 25.3. The Kier molecular flexibility index (Phi) is 6.47. The van der Waals surface area contributed by atoms with Gasteiger partial charge in [0.15, 0.2) is 17.2 Å². The van der Waals surface area contributed by atoms with E-state index in [2.05, 4.69) is 10.4 Å². The van der Waals surface area contributed by atoms with Gasteiger partial charge in [-0.15, -0.1) is 0 Å². The highest BCUT2D eigenvalue weighted by Crippen LogP contribution is 2.40. The molecule has 8 nitrogen and oxygen atoms in total. The largest absolute Gasteiger partial charge is 0.493 e. The lowest BCUT2D eigenvalue weighted by Crippen LogP contribution is -2.16. The van der Waals surface area contributed by atoms with Gasteiger partial charge < -0.3 is 20.5 Å². The number of anilines is 1. The van der Waals surface area contributed by atoms with Gasteiger partial charge in [-0.2, -0.15) is 5.10 Å². The molecule has 3 aromatic rings. The van der Waals surface area contributed by atoms with Crippen LogP contribution in [0.4, 0.5) is 10.1 Å². The van der Waals surface area contributed by atoms with Crippen molar-refractivity contribution < 1.29 is 23.5 Å². The molecule has 1 aromatic heterocycles. The number of primary amides is 1. The number of allylic oxidation sites excluding steroid dienone is 4. The number of aryl methyl sites for hydroxylation is 1. The third-order valence-electron chi connectivity index (χ3n) is 6.55. The first-order chi connectivity index (χ1) is 17.8. The van der Waals surface area contributed by atoms with Crippen LogP contribution in [0.2, 0.25) is 5.02 Å². The number of nitrogens with one attached hydrogen (secondary N) is 1. The monoisotopic (exact) mass is 522 g/mol. The first-order valence-electron chi connectivity index (χ1n) is 11.6. The van der Waals surface area contributed by atoms with E-state index in [4.69, 9.17) is 26.8 Å². The molecule has 2 aromatic carbocycles. The maximum Gasteiger partial charge on any atom is 0.269 e. The highest BCUT2D eigenvalue weighted by Gasteiger charge is 2.29. The number of rotatable bonds is 6. The number of benzene rings is 2. The molecule has 0 radical (unpaired) electrons. The van der Waals surface area contributed by atoms with Crippen LogP contribution in [0.3, 0.4) is 0 Å². The fraction of sp³-hybridized carbons (Fsp3) is 0.222. The lowest BCUT2D eigenvalue weighted by atomic mass is 9.88. The number of fused-ring (bicyclic) bond motifs is 3. The van der Waals surface area contributed by atoms with Gasteiger partial charge in [-0.25, -0.2) is 9.07 Å². The zero-order valence-electron chi connectivity index (χ0n) is 20.2. The van der Waals surface area contributed by atoms with E-state index >= 15 is 0 Å². The van der Waals surface area contributed by atoms with E-state index < -0.39 is 11.8 Å². The van der Waals surface area contributed by atoms with Crippen molar-refractivity contribution in [1.82, 2.24) is 9.78 Å². The predicted octanol–water partition coefficient (Wildman–Crippen LogP) is 5.16. The van der Waals surface area contributed by atoms with Crippen molar-refractivity contribution >= 4 is 34.8 Å². The third-order valence-corrected chi connectivity index (χ3v) is 6.86. The molecular weight excluding hydrogens is 499 g/mol. The van der Waals surface area contributed by atoms with Crippen LogP contribution in [0.25, 0.3) is 17.0 Å². The molecule has 190 valence electrons. The van der Waals surface area contributed by atoms with Crippen molar-refractivity contribution in [2.75, 3.05) is 19.5 Å². The summed E-state index contributed by atoms with van der Waals surface area (Å²) in [6, 6.07) is 8.61. The molecule has 10 heteroatoms. The fourth-order valence-electron chi connectivity index (χ4n) is 4.73. The van der Waals surface area contributed by atoms with Gasteiger partial charge in [-0.3, -0.25) is 9.59 Å². The second kappa shape index (κ2) is 9.74. The molecule has 2 aliphatic rings. The van der Waals surface area contributed by atoms with Gasteiger partial charge in [-0.05, 0) is 55.2 Å². The van der Waals surface area contributed by atoms with Gasteiger partial charge >= 0.3 is 0 Å². The molecule has 0 saturated heterocycles. The Morgan fingerprint density at radius 1 is 1.05 bits per heavy atom. The van der Waals surface area contributed by atoms with Gasteiger partial charge in [-0.1, -0.05) is 17.7 Å². The van der Waals surface area contributed by atoms with Gasteiger partial charge in [0.2, 0.25) is 0 Å². The average molecular weight is 523 g/mol. The topological polar surface area (TPSA) is 108 Å². The minimum Gasteiger partial charge on any atom is -0.493 e. The first kappa shape index (κ1) is 24.6. The molecule has 0 fully saturated rings. The first-order valence-corrected chi connectivity index (χ1v) is 12.0. The zero-order chi connectivity index (χ0) is 26.3. The number of nitrogens with zero attached hydrogens (tertiary/aromatic N) is 2. The van der Waals surface area contributed by atoms with Crippen LogP contribution in [0, 0.1) is 0 Å². The second-order valence-electron chi connectivity index (χ2n) is 8.74. The zero-order valence-corrected chi connectivity index (χ0v) is 21.0. The Balaban J connectivity index is 1.55. The van der Waals surface area contributed by atoms with Gasteiger partial charge in [0.05, 0.1) is 30.5 Å². The van der Waals surface area contributed by atoms with Gasteiger partial charge in [0.25, 0.3) is 11.8 Å². The Labute approximate surface area is 217 Å². The molecular formula is C27H24ClFN4O4. The number of hydrogen-bond donors (Lipinski definition) is 2. The Bertz CT molecular complexity index is 1510. The number of nitrogens with two attached hydrogens (primary N) is 1. The lowest BCUT2D eigenvalue weighted by Gasteiger charge is -2.21. The maximum atomic E-state index is 13.7. The van der Waals surface area contributed by atoms with Crippen molar-refractivity contribution in [3.05, 3.63) is 75.7 Å². The van der Waals surface area contributed by atoms with Crippen LogP contribution in [-0.2, 0) is 12.8 Å². The minimum absolute atomic E-state index is 0.197. The normalized spacial score (nSPS) is 14.2. The number of carbonyl (C=O) groups is 2. The highest BCUT2D eigenvalue weighted by atomic mass is 35.5. The lowest BCUT2D eigenvalue weighted by molar-refractivity contribution is 0.0992. The van der Waals surface area contributed by atoms with Gasteiger partial charge in [0.1, 0.15) is 5.83 Å². The van der Waals surface area contributed by atoms with E-state index in [-0.39, 0.29) is 28.5 Å². The van der Waals surface area contributed by atoms with E-state index in [1.807, 2.05) is 18.2 Å². The minimum atomic E-state index is -0.621. The number of aromatic nitrogens is 2. The van der Waals surface area contributed by atoms with Crippen LogP contribution in [0.1, 0.15) is 44.8 Å². The smallest absolute Gasteiger partial charge is 0.269 e. The second-order valence-corrected chi connectivity index (χ2v) is 9.14. The summed E-state index contributed by atoms with van der Waals surface area (Å²) in [6.45, 7) is 0. The van der Waals surface area contributed by atoms with E-state index in [9.17, 15) is 14.0 Å². The molecule has 0 aliphatic heterocycles. The molecule has 1 heterocycles. The number of methoxy groups -OCH3 is 2. The summed E-state index contributed by atoms with van der Waals surface area (Å²) in [7, 11) is 2.96. The predicted molar refractivity (Wildman–Crippen MR) is 139 cm³/mol. The third kappa shape index (κ3) is 4.46. The summed E-state index contributed by atoms with van der Waals surface area (Å²) in [5.41, 5.74) is 10.7. The average Bonchev–Trinajstić information content (AvgIpc) is 3.29. The van der Waals surface area contributed by atoms with Crippen molar-refractivity contribution in [2.24, 2.45) is 5.73 Å². The summed E-state index contributed by atoms with van der Waals surface area (Å²) in [6.07, 6.45) is 5.02. The summed E-state index contributed by atoms with van der Waals surface area (Å²) in [5.74, 6) is -0.469. The van der Waals surface area contributed by atoms with Crippen molar-refractivity contribution in [3.63, 3.8) is 0 Å².